The molecule has 0 spiro atoms. The van der Waals surface area contributed by atoms with Gasteiger partial charge in [0, 0.05) is 24.9 Å². The van der Waals surface area contributed by atoms with Crippen molar-refractivity contribution in [2.24, 2.45) is 11.8 Å². The summed E-state index contributed by atoms with van der Waals surface area (Å²) in [5.41, 5.74) is 3.55. The maximum absolute atomic E-state index is 12.8. The molecule has 1 heterocycles. The molecular weight excluding hydrogens is 420 g/mol. The fourth-order valence-corrected chi connectivity index (χ4v) is 5.38. The molecule has 0 aromatic heterocycles. The highest BCUT2D eigenvalue weighted by Gasteiger charge is 2.52. The Labute approximate surface area is 192 Å². The quantitative estimate of drug-likeness (QED) is 0.704. The third kappa shape index (κ3) is 3.75. The average molecular weight is 449 g/mol. The van der Waals surface area contributed by atoms with E-state index in [0.717, 1.165) is 11.1 Å². The van der Waals surface area contributed by atoms with E-state index in [9.17, 15) is 19.5 Å². The Morgan fingerprint density at radius 1 is 1.09 bits per heavy atom. The van der Waals surface area contributed by atoms with Crippen molar-refractivity contribution in [2.75, 3.05) is 19.7 Å². The Morgan fingerprint density at radius 3 is 2.36 bits per heavy atom. The number of carboxylic acids is 1. The molecule has 2 amide bonds. The van der Waals surface area contributed by atoms with E-state index >= 15 is 0 Å². The molecule has 3 aliphatic rings. The lowest BCUT2D eigenvalue weighted by atomic mass is 9.98. The van der Waals surface area contributed by atoms with E-state index in [1.807, 2.05) is 24.3 Å². The highest BCUT2D eigenvalue weighted by atomic mass is 16.5. The van der Waals surface area contributed by atoms with Crippen molar-refractivity contribution in [2.45, 2.75) is 37.6 Å². The monoisotopic (exact) mass is 448 g/mol. The molecule has 2 aromatic carbocycles. The minimum Gasteiger partial charge on any atom is -0.480 e. The second-order valence-corrected chi connectivity index (χ2v) is 9.48. The lowest BCUT2D eigenvalue weighted by molar-refractivity contribution is -0.155. The van der Waals surface area contributed by atoms with Crippen LogP contribution in [0, 0.1) is 11.8 Å². The van der Waals surface area contributed by atoms with Crippen LogP contribution >= 0.6 is 0 Å². The first kappa shape index (κ1) is 21.5. The summed E-state index contributed by atoms with van der Waals surface area (Å²) in [4.78, 5) is 38.4. The van der Waals surface area contributed by atoms with Crippen molar-refractivity contribution >= 4 is 18.0 Å². The Morgan fingerprint density at radius 2 is 1.73 bits per heavy atom. The number of hydrogen-bond donors (Lipinski definition) is 2. The van der Waals surface area contributed by atoms with Gasteiger partial charge in [0.1, 0.15) is 12.1 Å². The number of nitrogens with zero attached hydrogens (tertiary/aromatic N) is 1. The number of amides is 2. The molecule has 2 aromatic rings. The van der Waals surface area contributed by atoms with Crippen LogP contribution in [0.4, 0.5) is 4.79 Å². The highest BCUT2D eigenvalue weighted by Crippen LogP contribution is 2.45. The zero-order valence-corrected chi connectivity index (χ0v) is 18.6. The molecule has 2 N–H and O–H groups in total. The van der Waals surface area contributed by atoms with Gasteiger partial charge in [-0.2, -0.15) is 0 Å². The topological polar surface area (TPSA) is 95.9 Å². The van der Waals surface area contributed by atoms with E-state index < -0.39 is 17.6 Å². The number of carbonyl (C=O) groups is 3. The number of benzene rings is 2. The Kier molecular flexibility index (Phi) is 5.35. The van der Waals surface area contributed by atoms with Gasteiger partial charge in [0.05, 0.1) is 0 Å². The van der Waals surface area contributed by atoms with Crippen LogP contribution in [0.5, 0.6) is 0 Å². The normalized spacial score (nSPS) is 25.3. The molecule has 172 valence electrons. The van der Waals surface area contributed by atoms with Crippen LogP contribution in [0.2, 0.25) is 0 Å². The highest BCUT2D eigenvalue weighted by molar-refractivity contribution is 5.90. The number of fused-ring (bicyclic) bond motifs is 3. The maximum Gasteiger partial charge on any atom is 0.407 e. The summed E-state index contributed by atoms with van der Waals surface area (Å²) in [6.45, 7) is 2.69. The van der Waals surface area contributed by atoms with Gasteiger partial charge in [0.15, 0.2) is 0 Å². The fourth-order valence-electron chi connectivity index (χ4n) is 5.38. The molecule has 2 aliphatic carbocycles. The lowest BCUT2D eigenvalue weighted by Gasteiger charge is -2.31. The van der Waals surface area contributed by atoms with Gasteiger partial charge in [-0.15, -0.1) is 0 Å². The lowest BCUT2D eigenvalue weighted by Crippen LogP contribution is -2.51. The van der Waals surface area contributed by atoms with Gasteiger partial charge in [0.25, 0.3) is 0 Å². The van der Waals surface area contributed by atoms with E-state index in [2.05, 4.69) is 29.6 Å². The van der Waals surface area contributed by atoms with Crippen LogP contribution in [-0.4, -0.2) is 53.2 Å². The third-order valence-electron chi connectivity index (χ3n) is 7.46. The van der Waals surface area contributed by atoms with Gasteiger partial charge in [-0.25, -0.2) is 9.59 Å². The van der Waals surface area contributed by atoms with Gasteiger partial charge in [-0.1, -0.05) is 48.5 Å². The average Bonchev–Trinajstić information content (AvgIpc) is 3.38. The Bertz CT molecular complexity index is 1070. The van der Waals surface area contributed by atoms with Gasteiger partial charge in [0.2, 0.25) is 5.91 Å². The Balaban J connectivity index is 1.13. The number of nitrogens with one attached hydrogen (secondary N) is 1. The molecule has 2 unspecified atom stereocenters. The predicted molar refractivity (Wildman–Crippen MR) is 122 cm³/mol. The molecule has 2 fully saturated rings. The van der Waals surface area contributed by atoms with E-state index in [0.29, 0.717) is 32.4 Å². The summed E-state index contributed by atoms with van der Waals surface area (Å²) in [6, 6.07) is 16.4. The molecule has 1 saturated heterocycles. The van der Waals surface area contributed by atoms with E-state index in [-0.39, 0.29) is 30.3 Å². The number of ether oxygens (including phenoxy) is 1. The van der Waals surface area contributed by atoms with Crippen LogP contribution in [-0.2, 0) is 14.3 Å². The molecule has 5 rings (SSSR count). The second kappa shape index (κ2) is 8.21. The molecular formula is C26H28N2O5. The zero-order chi connectivity index (χ0) is 23.2. The molecule has 0 radical (unpaired) electrons. The van der Waals surface area contributed by atoms with Crippen LogP contribution in [0.15, 0.2) is 48.5 Å². The fraction of sp³-hybridized carbons (Fsp3) is 0.423. The summed E-state index contributed by atoms with van der Waals surface area (Å²) < 4.78 is 5.55. The minimum absolute atomic E-state index is 0.00210. The van der Waals surface area contributed by atoms with Crippen LogP contribution in [0.3, 0.4) is 0 Å². The second-order valence-electron chi connectivity index (χ2n) is 9.48. The molecule has 0 bridgehead atoms. The summed E-state index contributed by atoms with van der Waals surface area (Å²) in [6.07, 6.45) is 1.34. The van der Waals surface area contributed by atoms with Crippen molar-refractivity contribution < 1.29 is 24.2 Å². The zero-order valence-electron chi connectivity index (χ0n) is 18.6. The maximum atomic E-state index is 12.8. The minimum atomic E-state index is -1.12. The molecule has 7 heteroatoms. The molecule has 3 atom stereocenters. The van der Waals surface area contributed by atoms with Gasteiger partial charge in [-0.05, 0) is 54.4 Å². The van der Waals surface area contributed by atoms with E-state index in [4.69, 9.17) is 4.74 Å². The number of hydrogen-bond acceptors (Lipinski definition) is 4. The van der Waals surface area contributed by atoms with Crippen LogP contribution in [0.1, 0.15) is 43.2 Å². The van der Waals surface area contributed by atoms with E-state index in [1.54, 1.807) is 6.92 Å². The number of rotatable bonds is 6. The largest absolute Gasteiger partial charge is 0.480 e. The summed E-state index contributed by atoms with van der Waals surface area (Å²) >= 11 is 0. The van der Waals surface area contributed by atoms with Crippen molar-refractivity contribution in [3.8, 4) is 11.1 Å². The Hall–Kier alpha value is -3.35. The summed E-state index contributed by atoms with van der Waals surface area (Å²) in [7, 11) is 0. The smallest absolute Gasteiger partial charge is 0.407 e. The van der Waals surface area contributed by atoms with Crippen molar-refractivity contribution in [3.05, 3.63) is 59.7 Å². The first-order chi connectivity index (χ1) is 15.9. The summed E-state index contributed by atoms with van der Waals surface area (Å²) in [5.74, 6) is -1.27. The van der Waals surface area contributed by atoms with Crippen LogP contribution < -0.4 is 5.32 Å². The number of carbonyl (C=O) groups excluding carboxylic acids is 2. The van der Waals surface area contributed by atoms with Crippen molar-refractivity contribution in [1.29, 1.82) is 0 Å². The number of alkyl carbamates (subject to hydrolysis) is 1. The molecule has 1 aliphatic heterocycles. The first-order valence-corrected chi connectivity index (χ1v) is 11.5. The standard InChI is InChI=1S/C26H28N2O5/c1-26(24(30)31)11-6-12-28(26)23(29)21-13-16(21)14-27-25(32)33-15-22-19-9-4-2-7-17(19)18-8-3-5-10-20(18)22/h2-5,7-10,16,21-22H,6,11-15H2,1H3,(H,27,32)(H,30,31)/t16?,21?,26-/m1/s1. The van der Waals surface area contributed by atoms with Crippen molar-refractivity contribution in [1.82, 2.24) is 10.2 Å². The SMILES string of the molecule is C[C@]1(C(=O)O)CCCN1C(=O)C1CC1CNC(=O)OCC1c2ccccc2-c2ccccc21. The molecule has 7 nitrogen and oxygen atoms in total. The van der Waals surface area contributed by atoms with E-state index in [1.165, 1.54) is 16.0 Å². The number of aliphatic carboxylic acids is 1. The van der Waals surface area contributed by atoms with Crippen LogP contribution in [0.25, 0.3) is 11.1 Å². The van der Waals surface area contributed by atoms with Gasteiger partial charge < -0.3 is 20.1 Å². The van der Waals surface area contributed by atoms with Gasteiger partial charge >= 0.3 is 12.1 Å². The van der Waals surface area contributed by atoms with Gasteiger partial charge in [-0.3, -0.25) is 4.79 Å². The third-order valence-corrected chi connectivity index (χ3v) is 7.46. The molecule has 33 heavy (non-hydrogen) atoms. The van der Waals surface area contributed by atoms with Crippen molar-refractivity contribution in [3.63, 3.8) is 0 Å². The predicted octanol–water partition coefficient (Wildman–Crippen LogP) is 3.63. The number of carboxylic acid groups (broad SMARTS) is 1. The summed E-state index contributed by atoms with van der Waals surface area (Å²) in [5, 5.41) is 12.3. The molecule has 1 saturated carbocycles. The first-order valence-electron chi connectivity index (χ1n) is 11.5. The number of likely N-dealkylation sites (tertiary alicyclic amines) is 1.